The molecule has 5 nitrogen and oxygen atoms in total. The summed E-state index contributed by atoms with van der Waals surface area (Å²) >= 11 is 5.82. The summed E-state index contributed by atoms with van der Waals surface area (Å²) in [6.07, 6.45) is 1.16. The van der Waals surface area contributed by atoms with Gasteiger partial charge in [0.25, 0.3) is 0 Å². The van der Waals surface area contributed by atoms with Crippen molar-refractivity contribution in [1.29, 1.82) is 0 Å². The van der Waals surface area contributed by atoms with Crippen LogP contribution in [0, 0.1) is 12.7 Å². The summed E-state index contributed by atoms with van der Waals surface area (Å²) in [6, 6.07) is 12.6. The molecule has 0 bridgehead atoms. The normalized spacial score (nSPS) is 16.8. The number of likely N-dealkylation sites (tertiary alicyclic amines) is 1. The second-order valence-corrected chi connectivity index (χ2v) is 7.47. The van der Waals surface area contributed by atoms with Crippen LogP contribution in [0.2, 0.25) is 5.02 Å². The SMILES string of the molecule is Cc1cccc(CCN2CC(c3nc(-c4ccc(F)c(Cl)c4)no3)CC2=O)c1. The van der Waals surface area contributed by atoms with Crippen LogP contribution in [0.3, 0.4) is 0 Å². The molecule has 1 aliphatic rings. The first-order valence-corrected chi connectivity index (χ1v) is 9.50. The van der Waals surface area contributed by atoms with Crippen molar-refractivity contribution in [2.24, 2.45) is 0 Å². The first-order chi connectivity index (χ1) is 13.5. The molecule has 1 unspecified atom stereocenters. The topological polar surface area (TPSA) is 59.2 Å². The van der Waals surface area contributed by atoms with Crippen molar-refractivity contribution in [2.45, 2.75) is 25.7 Å². The van der Waals surface area contributed by atoms with Crippen molar-refractivity contribution in [3.05, 3.63) is 70.3 Å². The van der Waals surface area contributed by atoms with Crippen molar-refractivity contribution < 1.29 is 13.7 Å². The Balaban J connectivity index is 1.42. The first kappa shape index (κ1) is 18.6. The van der Waals surface area contributed by atoms with Crippen molar-refractivity contribution in [2.75, 3.05) is 13.1 Å². The summed E-state index contributed by atoms with van der Waals surface area (Å²) in [5.74, 6) is 0.202. The molecule has 1 amide bonds. The molecule has 0 saturated carbocycles. The number of halogens is 2. The van der Waals surface area contributed by atoms with E-state index in [2.05, 4.69) is 35.3 Å². The maximum absolute atomic E-state index is 13.3. The Morgan fingerprint density at radius 1 is 1.29 bits per heavy atom. The molecule has 1 fully saturated rings. The monoisotopic (exact) mass is 399 g/mol. The molecule has 1 atom stereocenters. The number of carbonyl (C=O) groups excluding carboxylic acids is 1. The Labute approximate surface area is 167 Å². The third-order valence-electron chi connectivity index (χ3n) is 4.94. The zero-order chi connectivity index (χ0) is 19.7. The molecule has 28 heavy (non-hydrogen) atoms. The van der Waals surface area contributed by atoms with E-state index in [1.807, 2.05) is 11.0 Å². The lowest BCUT2D eigenvalue weighted by Crippen LogP contribution is -2.27. The maximum Gasteiger partial charge on any atom is 0.232 e. The van der Waals surface area contributed by atoms with Gasteiger partial charge in [-0.1, -0.05) is 46.6 Å². The number of aromatic nitrogens is 2. The van der Waals surface area contributed by atoms with Crippen LogP contribution in [0.1, 0.15) is 29.4 Å². The van der Waals surface area contributed by atoms with Crippen LogP contribution in [0.15, 0.2) is 47.0 Å². The minimum Gasteiger partial charge on any atom is -0.342 e. The summed E-state index contributed by atoms with van der Waals surface area (Å²) in [5, 5.41) is 3.96. The fourth-order valence-electron chi connectivity index (χ4n) is 3.44. The number of aryl methyl sites for hydroxylation is 1. The highest BCUT2D eigenvalue weighted by Crippen LogP contribution is 2.29. The fourth-order valence-corrected chi connectivity index (χ4v) is 3.62. The first-order valence-electron chi connectivity index (χ1n) is 9.12. The highest BCUT2D eigenvalue weighted by atomic mass is 35.5. The molecule has 7 heteroatoms. The van der Waals surface area contributed by atoms with Gasteiger partial charge in [-0.05, 0) is 37.1 Å². The van der Waals surface area contributed by atoms with Crippen LogP contribution in [0.4, 0.5) is 4.39 Å². The summed E-state index contributed by atoms with van der Waals surface area (Å²) < 4.78 is 18.7. The van der Waals surface area contributed by atoms with Gasteiger partial charge in [-0.15, -0.1) is 0 Å². The van der Waals surface area contributed by atoms with Crippen LogP contribution >= 0.6 is 11.6 Å². The van der Waals surface area contributed by atoms with Gasteiger partial charge in [0.05, 0.1) is 10.9 Å². The molecular weight excluding hydrogens is 381 g/mol. The molecule has 2 aromatic carbocycles. The Hall–Kier alpha value is -2.73. The van der Waals surface area contributed by atoms with Crippen LogP contribution in [-0.4, -0.2) is 34.0 Å². The average molecular weight is 400 g/mol. The summed E-state index contributed by atoms with van der Waals surface area (Å²) in [7, 11) is 0. The van der Waals surface area contributed by atoms with Crippen molar-refractivity contribution >= 4 is 17.5 Å². The van der Waals surface area contributed by atoms with E-state index in [9.17, 15) is 9.18 Å². The quantitative estimate of drug-likeness (QED) is 0.638. The molecule has 144 valence electrons. The van der Waals surface area contributed by atoms with Gasteiger partial charge in [0.15, 0.2) is 0 Å². The van der Waals surface area contributed by atoms with Crippen LogP contribution < -0.4 is 0 Å². The van der Waals surface area contributed by atoms with Crippen molar-refractivity contribution in [1.82, 2.24) is 15.0 Å². The molecule has 1 saturated heterocycles. The zero-order valence-corrected chi connectivity index (χ0v) is 16.1. The second kappa shape index (κ2) is 7.72. The van der Waals surface area contributed by atoms with Crippen LogP contribution in [0.25, 0.3) is 11.4 Å². The number of rotatable bonds is 5. The predicted octanol–water partition coefficient (Wildman–Crippen LogP) is 4.40. The smallest absolute Gasteiger partial charge is 0.232 e. The number of amides is 1. The third-order valence-corrected chi connectivity index (χ3v) is 5.23. The van der Waals surface area contributed by atoms with E-state index in [1.54, 1.807) is 6.07 Å². The second-order valence-electron chi connectivity index (χ2n) is 7.06. The van der Waals surface area contributed by atoms with Gasteiger partial charge in [0.2, 0.25) is 17.6 Å². The molecular formula is C21H19ClFN3O2. The van der Waals surface area contributed by atoms with E-state index in [4.69, 9.17) is 16.1 Å². The lowest BCUT2D eigenvalue weighted by atomic mass is 10.1. The maximum atomic E-state index is 13.3. The molecule has 0 aliphatic carbocycles. The van der Waals surface area contributed by atoms with Crippen molar-refractivity contribution in [3.63, 3.8) is 0 Å². The standard InChI is InChI=1S/C21H19ClFN3O2/c1-13-3-2-4-14(9-13)7-8-26-12-16(11-19(26)27)21-24-20(25-28-21)15-5-6-18(23)17(22)10-15/h2-6,9-10,16H,7-8,11-12H2,1H3. The molecule has 0 N–H and O–H groups in total. The van der Waals surface area contributed by atoms with Crippen molar-refractivity contribution in [3.8, 4) is 11.4 Å². The highest BCUT2D eigenvalue weighted by Gasteiger charge is 2.34. The molecule has 0 spiro atoms. The Bertz CT molecular complexity index is 1020. The molecule has 4 rings (SSSR count). The molecule has 3 aromatic rings. The van der Waals surface area contributed by atoms with Gasteiger partial charge in [0, 0.05) is 25.1 Å². The Morgan fingerprint density at radius 2 is 2.14 bits per heavy atom. The zero-order valence-electron chi connectivity index (χ0n) is 15.4. The molecule has 2 heterocycles. The van der Waals surface area contributed by atoms with E-state index < -0.39 is 5.82 Å². The van der Waals surface area contributed by atoms with E-state index in [1.165, 1.54) is 23.3 Å². The van der Waals surface area contributed by atoms with Gasteiger partial charge in [0.1, 0.15) is 5.82 Å². The lowest BCUT2D eigenvalue weighted by molar-refractivity contribution is -0.127. The van der Waals surface area contributed by atoms with Gasteiger partial charge < -0.3 is 9.42 Å². The van der Waals surface area contributed by atoms with Gasteiger partial charge in [-0.2, -0.15) is 4.98 Å². The fraction of sp³-hybridized carbons (Fsp3) is 0.286. The lowest BCUT2D eigenvalue weighted by Gasteiger charge is -2.16. The predicted molar refractivity (Wildman–Crippen MR) is 104 cm³/mol. The number of nitrogens with zero attached hydrogens (tertiary/aromatic N) is 3. The van der Waals surface area contributed by atoms with E-state index >= 15 is 0 Å². The summed E-state index contributed by atoms with van der Waals surface area (Å²) in [6.45, 7) is 3.27. The highest BCUT2D eigenvalue weighted by molar-refractivity contribution is 6.31. The molecule has 1 aromatic heterocycles. The Kier molecular flexibility index (Phi) is 5.13. The average Bonchev–Trinajstić information content (AvgIpc) is 3.29. The minimum absolute atomic E-state index is 0.00205. The van der Waals surface area contributed by atoms with Gasteiger partial charge in [-0.25, -0.2) is 4.39 Å². The van der Waals surface area contributed by atoms with E-state index in [0.29, 0.717) is 36.8 Å². The van der Waals surface area contributed by atoms with Crippen LogP contribution in [-0.2, 0) is 11.2 Å². The number of carbonyl (C=O) groups is 1. The van der Waals surface area contributed by atoms with Crippen LogP contribution in [0.5, 0.6) is 0 Å². The number of hydrogen-bond donors (Lipinski definition) is 0. The van der Waals surface area contributed by atoms with E-state index in [0.717, 1.165) is 6.42 Å². The molecule has 0 radical (unpaired) electrons. The van der Waals surface area contributed by atoms with E-state index in [-0.39, 0.29) is 16.8 Å². The van der Waals surface area contributed by atoms with Gasteiger partial charge >= 0.3 is 0 Å². The molecule has 1 aliphatic heterocycles. The minimum atomic E-state index is -0.500. The summed E-state index contributed by atoms with van der Waals surface area (Å²) in [5.41, 5.74) is 2.99. The summed E-state index contributed by atoms with van der Waals surface area (Å²) in [4.78, 5) is 18.6. The van der Waals surface area contributed by atoms with Gasteiger partial charge in [-0.3, -0.25) is 4.79 Å². The largest absolute Gasteiger partial charge is 0.342 e. The number of hydrogen-bond acceptors (Lipinski definition) is 4. The Morgan fingerprint density at radius 3 is 2.93 bits per heavy atom. The number of benzene rings is 2. The third kappa shape index (κ3) is 3.92.